The smallest absolute Gasteiger partial charge is 0.416 e. The van der Waals surface area contributed by atoms with Crippen LogP contribution in [0.25, 0.3) is 10.9 Å². The maximum atomic E-state index is 13.8. The fourth-order valence-corrected chi connectivity index (χ4v) is 4.35. The van der Waals surface area contributed by atoms with E-state index in [2.05, 4.69) is 15.0 Å². The normalized spacial score (nSPS) is 15.8. The third-order valence-electron chi connectivity index (χ3n) is 6.53. The van der Waals surface area contributed by atoms with E-state index in [4.69, 9.17) is 4.74 Å². The number of carbonyl (C=O) groups is 1. The molecule has 13 heteroatoms. The molecule has 1 atom stereocenters. The van der Waals surface area contributed by atoms with Crippen LogP contribution in [0.15, 0.2) is 66.0 Å². The van der Waals surface area contributed by atoms with Gasteiger partial charge in [-0.25, -0.2) is 19.7 Å². The van der Waals surface area contributed by atoms with E-state index < -0.39 is 36.2 Å². The molecule has 2 heterocycles. The third kappa shape index (κ3) is 7.33. The predicted molar refractivity (Wildman–Crippen MR) is 139 cm³/mol. The molecule has 0 saturated carbocycles. The van der Waals surface area contributed by atoms with Crippen molar-refractivity contribution >= 4 is 22.8 Å². The number of pyridine rings is 1. The van der Waals surface area contributed by atoms with Crippen molar-refractivity contribution in [2.75, 3.05) is 24.6 Å². The number of hydrogen-bond donors (Lipinski definition) is 1. The van der Waals surface area contributed by atoms with E-state index in [1.54, 1.807) is 36.7 Å². The van der Waals surface area contributed by atoms with Gasteiger partial charge >= 0.3 is 18.3 Å². The van der Waals surface area contributed by atoms with Crippen molar-refractivity contribution in [2.24, 2.45) is 5.92 Å². The quantitative estimate of drug-likeness (QED) is 0.215. The third-order valence-corrected chi connectivity index (χ3v) is 6.53. The number of fused-ring (bicyclic) bond motifs is 1. The maximum Gasteiger partial charge on any atom is 0.416 e. The summed E-state index contributed by atoms with van der Waals surface area (Å²) < 4.78 is 86.9. The minimum Gasteiger partial charge on any atom is -0.491 e. The van der Waals surface area contributed by atoms with Gasteiger partial charge in [0, 0.05) is 30.9 Å². The molecule has 1 aliphatic rings. The summed E-state index contributed by atoms with van der Waals surface area (Å²) in [6.07, 6.45) is -5.14. The highest BCUT2D eigenvalue weighted by atomic mass is 19.4. The van der Waals surface area contributed by atoms with Crippen molar-refractivity contribution in [1.82, 2.24) is 15.0 Å². The lowest BCUT2D eigenvalue weighted by molar-refractivity contribution is -0.161. The van der Waals surface area contributed by atoms with Crippen LogP contribution >= 0.6 is 0 Å². The second-order valence-corrected chi connectivity index (χ2v) is 9.39. The van der Waals surface area contributed by atoms with Crippen LogP contribution in [0.2, 0.25) is 0 Å². The molecule has 7 nitrogen and oxygen atoms in total. The molecule has 0 amide bonds. The van der Waals surface area contributed by atoms with Gasteiger partial charge in [0.25, 0.3) is 0 Å². The van der Waals surface area contributed by atoms with Crippen LogP contribution in [0, 0.1) is 5.92 Å². The van der Waals surface area contributed by atoms with Gasteiger partial charge in [-0.05, 0) is 42.5 Å². The topological polar surface area (TPSA) is 88.4 Å². The van der Waals surface area contributed by atoms with Gasteiger partial charge in [-0.1, -0.05) is 37.3 Å². The molecule has 0 radical (unpaired) electrons. The summed E-state index contributed by atoms with van der Waals surface area (Å²) in [6, 6.07) is 8.05. The molecular weight excluding hydrogens is 554 g/mol. The van der Waals surface area contributed by atoms with Crippen LogP contribution in [-0.4, -0.2) is 58.1 Å². The lowest BCUT2D eigenvalue weighted by atomic mass is 9.89. The fourth-order valence-electron chi connectivity index (χ4n) is 4.35. The Bertz CT molecular complexity index is 1450. The molecular formula is C28H26F6N4O3. The van der Waals surface area contributed by atoms with Crippen LogP contribution in [0.3, 0.4) is 0 Å². The molecule has 1 unspecified atom stereocenters. The number of benzene rings is 1. The summed E-state index contributed by atoms with van der Waals surface area (Å²) in [7, 11) is 0. The Hall–Kier alpha value is -4.16. The highest BCUT2D eigenvalue weighted by Gasteiger charge is 2.45. The van der Waals surface area contributed by atoms with Gasteiger partial charge in [0.15, 0.2) is 0 Å². The molecule has 1 aromatic carbocycles. The maximum absolute atomic E-state index is 13.8. The van der Waals surface area contributed by atoms with Crippen LogP contribution < -0.4 is 9.64 Å². The zero-order valence-corrected chi connectivity index (χ0v) is 21.8. The molecule has 1 aliphatic carbocycles. The lowest BCUT2D eigenvalue weighted by Gasteiger charge is -2.29. The van der Waals surface area contributed by atoms with Crippen molar-refractivity contribution in [2.45, 2.75) is 38.5 Å². The minimum atomic E-state index is -4.98. The van der Waals surface area contributed by atoms with Gasteiger partial charge in [-0.3, -0.25) is 0 Å². The number of hydrogen-bond acceptors (Lipinski definition) is 6. The number of carboxylic acids is 1. The predicted octanol–water partition coefficient (Wildman–Crippen LogP) is 6.56. The molecule has 41 heavy (non-hydrogen) atoms. The molecule has 218 valence electrons. The average molecular weight is 581 g/mol. The van der Waals surface area contributed by atoms with E-state index in [1.807, 2.05) is 6.92 Å². The number of para-hydroxylation sites is 1. The SMILES string of the molecule is CCc1cnc(N(CCCOc2cccc3ccc(C(=O)O)nc23)CC2=CCC(C(F)(F)F)C=C2C(F)(F)F)nc1. The van der Waals surface area contributed by atoms with Gasteiger partial charge in [-0.2, -0.15) is 26.3 Å². The van der Waals surface area contributed by atoms with Crippen LogP contribution in [0.4, 0.5) is 32.3 Å². The van der Waals surface area contributed by atoms with Crippen molar-refractivity contribution < 1.29 is 41.0 Å². The van der Waals surface area contributed by atoms with E-state index in [0.717, 1.165) is 11.6 Å². The van der Waals surface area contributed by atoms with Crippen LogP contribution in [0.5, 0.6) is 5.75 Å². The molecule has 0 spiro atoms. The number of allylic oxidation sites excluding steroid dienone is 2. The van der Waals surface area contributed by atoms with Crippen molar-refractivity contribution in [1.29, 1.82) is 0 Å². The Morgan fingerprint density at radius 2 is 1.83 bits per heavy atom. The molecule has 0 bridgehead atoms. The number of aryl methyl sites for hydroxylation is 1. The number of rotatable bonds is 10. The number of nitrogens with zero attached hydrogens (tertiary/aromatic N) is 4. The zero-order chi connectivity index (χ0) is 29.8. The molecule has 0 fully saturated rings. The number of ether oxygens (including phenoxy) is 1. The first-order valence-electron chi connectivity index (χ1n) is 12.7. The highest BCUT2D eigenvalue weighted by molar-refractivity contribution is 5.91. The number of anilines is 1. The minimum absolute atomic E-state index is 0.0821. The van der Waals surface area contributed by atoms with Gasteiger partial charge in [0.2, 0.25) is 5.95 Å². The number of halogens is 6. The zero-order valence-electron chi connectivity index (χ0n) is 21.8. The summed E-state index contributed by atoms with van der Waals surface area (Å²) >= 11 is 0. The Labute approximate surface area is 231 Å². The number of alkyl halides is 6. The molecule has 3 aromatic rings. The molecule has 4 rings (SSSR count). The average Bonchev–Trinajstić information content (AvgIpc) is 2.93. The largest absolute Gasteiger partial charge is 0.491 e. The second-order valence-electron chi connectivity index (χ2n) is 9.39. The second kappa shape index (κ2) is 12.1. The Kier molecular flexibility index (Phi) is 8.83. The number of aromatic nitrogens is 3. The van der Waals surface area contributed by atoms with E-state index in [0.29, 0.717) is 23.1 Å². The van der Waals surface area contributed by atoms with E-state index in [9.17, 15) is 36.2 Å². The summed E-state index contributed by atoms with van der Waals surface area (Å²) in [6.45, 7) is 1.73. The highest BCUT2D eigenvalue weighted by Crippen LogP contribution is 2.41. The van der Waals surface area contributed by atoms with Crippen LogP contribution in [-0.2, 0) is 6.42 Å². The van der Waals surface area contributed by atoms with E-state index in [1.165, 1.54) is 11.0 Å². The molecule has 2 aromatic heterocycles. The molecule has 1 N–H and O–H groups in total. The molecule has 0 saturated heterocycles. The van der Waals surface area contributed by atoms with E-state index in [-0.39, 0.29) is 49.4 Å². The van der Waals surface area contributed by atoms with Crippen molar-refractivity contribution in [3.05, 3.63) is 77.3 Å². The van der Waals surface area contributed by atoms with Crippen molar-refractivity contribution in [3.63, 3.8) is 0 Å². The Morgan fingerprint density at radius 3 is 2.46 bits per heavy atom. The Morgan fingerprint density at radius 1 is 1.10 bits per heavy atom. The summed E-state index contributed by atoms with van der Waals surface area (Å²) in [5.74, 6) is -2.96. The summed E-state index contributed by atoms with van der Waals surface area (Å²) in [5, 5.41) is 9.91. The van der Waals surface area contributed by atoms with Crippen LogP contribution in [0.1, 0.15) is 35.8 Å². The van der Waals surface area contributed by atoms with Gasteiger partial charge in [0.1, 0.15) is 17.0 Å². The monoisotopic (exact) mass is 580 g/mol. The first kappa shape index (κ1) is 29.8. The molecule has 0 aliphatic heterocycles. The lowest BCUT2D eigenvalue weighted by Crippen LogP contribution is -2.34. The van der Waals surface area contributed by atoms with E-state index >= 15 is 0 Å². The summed E-state index contributed by atoms with van der Waals surface area (Å²) in [5.41, 5.74) is -0.624. The van der Waals surface area contributed by atoms with Gasteiger partial charge in [-0.15, -0.1) is 0 Å². The van der Waals surface area contributed by atoms with Gasteiger partial charge in [0.05, 0.1) is 18.1 Å². The first-order chi connectivity index (χ1) is 19.4. The summed E-state index contributed by atoms with van der Waals surface area (Å²) in [4.78, 5) is 25.4. The van der Waals surface area contributed by atoms with Crippen molar-refractivity contribution in [3.8, 4) is 5.75 Å². The number of carboxylic acid groups (broad SMARTS) is 1. The first-order valence-corrected chi connectivity index (χ1v) is 12.7. The Balaban J connectivity index is 1.53. The number of aromatic carboxylic acids is 1. The standard InChI is InChI=1S/C28H26F6N4O3/c1-2-17-14-35-26(36-15-17)38(16-19-7-9-20(27(29,30)31)13-21(19)28(32,33)34)11-4-12-41-23-6-3-5-18-8-10-22(25(39)40)37-24(18)23/h3,5-8,10,13-15,20H,2,4,9,11-12,16H2,1H3,(H,39,40). The van der Waals surface area contributed by atoms with Gasteiger partial charge < -0.3 is 14.7 Å². The fraction of sp³-hybridized carbons (Fsp3) is 0.357.